The number of hydrogen-bond donors (Lipinski definition) is 1. The zero-order valence-corrected chi connectivity index (χ0v) is 12.2. The standard InChI is InChI=1S/C17H21N3/c1-3-20-11-10-18-17(20)19-12-14-9-8-13(2)15-6-4-5-7-16(14)15/h4-9H,3,10-12H2,1-2H3,(H,18,19). The lowest BCUT2D eigenvalue weighted by atomic mass is 10.0. The molecule has 20 heavy (non-hydrogen) atoms. The highest BCUT2D eigenvalue weighted by molar-refractivity contribution is 5.89. The normalized spacial score (nSPS) is 14.7. The molecule has 2 aromatic rings. The highest BCUT2D eigenvalue weighted by Crippen LogP contribution is 2.22. The predicted octanol–water partition coefficient (Wildman–Crippen LogP) is 2.93. The fourth-order valence-corrected chi connectivity index (χ4v) is 2.80. The van der Waals surface area contributed by atoms with E-state index in [1.54, 1.807) is 0 Å². The first-order valence-corrected chi connectivity index (χ1v) is 7.30. The van der Waals surface area contributed by atoms with Crippen LogP contribution in [-0.2, 0) is 6.54 Å². The minimum Gasteiger partial charge on any atom is -0.352 e. The molecule has 1 aliphatic heterocycles. The average Bonchev–Trinajstić information content (AvgIpc) is 2.94. The number of hydrogen-bond acceptors (Lipinski definition) is 3. The van der Waals surface area contributed by atoms with E-state index in [4.69, 9.17) is 0 Å². The van der Waals surface area contributed by atoms with Crippen molar-refractivity contribution in [2.45, 2.75) is 20.4 Å². The van der Waals surface area contributed by atoms with Gasteiger partial charge in [-0.05, 0) is 35.7 Å². The van der Waals surface area contributed by atoms with Crippen molar-refractivity contribution in [2.75, 3.05) is 19.6 Å². The summed E-state index contributed by atoms with van der Waals surface area (Å²) in [5.41, 5.74) is 2.66. The van der Waals surface area contributed by atoms with Crippen LogP contribution in [0.3, 0.4) is 0 Å². The molecule has 3 rings (SSSR count). The molecule has 1 heterocycles. The van der Waals surface area contributed by atoms with Gasteiger partial charge in [-0.25, -0.2) is 0 Å². The summed E-state index contributed by atoms with van der Waals surface area (Å²) < 4.78 is 0. The van der Waals surface area contributed by atoms with Crippen molar-refractivity contribution in [2.24, 2.45) is 4.99 Å². The summed E-state index contributed by atoms with van der Waals surface area (Å²) in [5.74, 6) is 1.04. The molecule has 0 aliphatic carbocycles. The van der Waals surface area contributed by atoms with E-state index in [9.17, 15) is 0 Å². The third-order valence-corrected chi connectivity index (χ3v) is 3.98. The van der Waals surface area contributed by atoms with E-state index in [2.05, 4.69) is 65.5 Å². The molecule has 104 valence electrons. The molecule has 0 radical (unpaired) electrons. The van der Waals surface area contributed by atoms with Crippen molar-refractivity contribution < 1.29 is 0 Å². The largest absolute Gasteiger partial charge is 0.352 e. The summed E-state index contributed by atoms with van der Waals surface area (Å²) in [6, 6.07) is 13.0. The highest BCUT2D eigenvalue weighted by atomic mass is 15.3. The molecule has 0 saturated heterocycles. The van der Waals surface area contributed by atoms with E-state index in [-0.39, 0.29) is 0 Å². The van der Waals surface area contributed by atoms with Crippen LogP contribution < -0.4 is 5.32 Å². The fraction of sp³-hybridized carbons (Fsp3) is 0.353. The van der Waals surface area contributed by atoms with Crippen molar-refractivity contribution in [3.63, 3.8) is 0 Å². The number of guanidine groups is 1. The molecule has 0 aromatic heterocycles. The van der Waals surface area contributed by atoms with E-state index in [1.165, 1.54) is 21.9 Å². The summed E-state index contributed by atoms with van der Waals surface area (Å²) >= 11 is 0. The third kappa shape index (κ3) is 2.36. The zero-order valence-electron chi connectivity index (χ0n) is 12.2. The van der Waals surface area contributed by atoms with Gasteiger partial charge in [-0.2, -0.15) is 0 Å². The number of aliphatic imine (C=N–C) groups is 1. The maximum Gasteiger partial charge on any atom is 0.194 e. The van der Waals surface area contributed by atoms with Gasteiger partial charge in [-0.3, -0.25) is 4.99 Å². The second-order valence-corrected chi connectivity index (χ2v) is 5.23. The zero-order chi connectivity index (χ0) is 13.9. The Kier molecular flexibility index (Phi) is 3.59. The Balaban J connectivity index is 1.83. The van der Waals surface area contributed by atoms with Gasteiger partial charge in [-0.1, -0.05) is 36.4 Å². The van der Waals surface area contributed by atoms with Gasteiger partial charge in [-0.15, -0.1) is 0 Å². The summed E-state index contributed by atoms with van der Waals surface area (Å²) in [6.07, 6.45) is 0. The van der Waals surface area contributed by atoms with Gasteiger partial charge in [0.2, 0.25) is 0 Å². The quantitative estimate of drug-likeness (QED) is 0.926. The van der Waals surface area contributed by atoms with Crippen molar-refractivity contribution in [3.8, 4) is 0 Å². The van der Waals surface area contributed by atoms with E-state index >= 15 is 0 Å². The van der Waals surface area contributed by atoms with Gasteiger partial charge in [0.15, 0.2) is 5.96 Å². The summed E-state index contributed by atoms with van der Waals surface area (Å²) in [4.78, 5) is 6.82. The molecule has 0 bridgehead atoms. The molecule has 0 saturated carbocycles. The SMILES string of the molecule is CCN1CCN=C1NCc1ccc(C)c2ccccc12. The Labute approximate surface area is 120 Å². The molecule has 0 amide bonds. The first-order chi connectivity index (χ1) is 9.79. The number of nitrogens with one attached hydrogen (secondary N) is 1. The highest BCUT2D eigenvalue weighted by Gasteiger charge is 2.14. The van der Waals surface area contributed by atoms with E-state index < -0.39 is 0 Å². The minimum absolute atomic E-state index is 0.829. The topological polar surface area (TPSA) is 27.6 Å². The predicted molar refractivity (Wildman–Crippen MR) is 85.1 cm³/mol. The van der Waals surface area contributed by atoms with Crippen molar-refractivity contribution in [1.82, 2.24) is 10.2 Å². The van der Waals surface area contributed by atoms with Crippen LogP contribution in [0.25, 0.3) is 10.8 Å². The Bertz CT molecular complexity index is 646. The van der Waals surface area contributed by atoms with E-state index in [0.717, 1.165) is 32.1 Å². The second kappa shape index (κ2) is 5.53. The maximum atomic E-state index is 4.53. The Hall–Kier alpha value is -2.03. The smallest absolute Gasteiger partial charge is 0.194 e. The lowest BCUT2D eigenvalue weighted by Gasteiger charge is -2.19. The third-order valence-electron chi connectivity index (χ3n) is 3.98. The second-order valence-electron chi connectivity index (χ2n) is 5.23. The molecule has 0 spiro atoms. The molecular weight excluding hydrogens is 246 g/mol. The monoisotopic (exact) mass is 267 g/mol. The number of nitrogens with zero attached hydrogens (tertiary/aromatic N) is 2. The number of fused-ring (bicyclic) bond motifs is 1. The number of benzene rings is 2. The fourth-order valence-electron chi connectivity index (χ4n) is 2.80. The van der Waals surface area contributed by atoms with Gasteiger partial charge in [0.25, 0.3) is 0 Å². The lowest BCUT2D eigenvalue weighted by Crippen LogP contribution is -2.37. The molecule has 0 unspecified atom stereocenters. The van der Waals surface area contributed by atoms with Crippen LogP contribution in [0.5, 0.6) is 0 Å². The number of likely N-dealkylation sites (N-methyl/N-ethyl adjacent to an activating group) is 1. The molecular formula is C17H21N3. The molecule has 3 nitrogen and oxygen atoms in total. The van der Waals surface area contributed by atoms with E-state index in [1.807, 2.05) is 0 Å². The molecule has 1 N–H and O–H groups in total. The van der Waals surface area contributed by atoms with Crippen LogP contribution in [0.2, 0.25) is 0 Å². The van der Waals surface area contributed by atoms with Gasteiger partial charge in [0.05, 0.1) is 6.54 Å². The van der Waals surface area contributed by atoms with Crippen molar-refractivity contribution in [3.05, 3.63) is 47.5 Å². The summed E-state index contributed by atoms with van der Waals surface area (Å²) in [6.45, 7) is 8.12. The van der Waals surface area contributed by atoms with Crippen LogP contribution >= 0.6 is 0 Å². The van der Waals surface area contributed by atoms with Gasteiger partial charge < -0.3 is 10.2 Å². The molecule has 3 heteroatoms. The van der Waals surface area contributed by atoms with E-state index in [0.29, 0.717) is 0 Å². The molecule has 0 fully saturated rings. The molecule has 0 atom stereocenters. The minimum atomic E-state index is 0.829. The number of aryl methyl sites for hydroxylation is 1. The van der Waals surface area contributed by atoms with Crippen LogP contribution in [-0.4, -0.2) is 30.5 Å². The van der Waals surface area contributed by atoms with Crippen LogP contribution in [0.15, 0.2) is 41.4 Å². The summed E-state index contributed by atoms with van der Waals surface area (Å²) in [7, 11) is 0. The van der Waals surface area contributed by atoms with Crippen molar-refractivity contribution in [1.29, 1.82) is 0 Å². The first-order valence-electron chi connectivity index (χ1n) is 7.30. The Morgan fingerprint density at radius 2 is 1.95 bits per heavy atom. The van der Waals surface area contributed by atoms with Gasteiger partial charge >= 0.3 is 0 Å². The molecule has 1 aliphatic rings. The number of rotatable bonds is 3. The summed E-state index contributed by atoms with van der Waals surface area (Å²) in [5, 5.41) is 6.16. The molecule has 2 aromatic carbocycles. The average molecular weight is 267 g/mol. The van der Waals surface area contributed by atoms with Crippen LogP contribution in [0.1, 0.15) is 18.1 Å². The van der Waals surface area contributed by atoms with Crippen LogP contribution in [0, 0.1) is 6.92 Å². The first kappa shape index (κ1) is 13.0. The lowest BCUT2D eigenvalue weighted by molar-refractivity contribution is 0.466. The van der Waals surface area contributed by atoms with Gasteiger partial charge in [0.1, 0.15) is 0 Å². The Morgan fingerprint density at radius 3 is 2.75 bits per heavy atom. The van der Waals surface area contributed by atoms with Crippen LogP contribution in [0.4, 0.5) is 0 Å². The van der Waals surface area contributed by atoms with Gasteiger partial charge in [0, 0.05) is 19.6 Å². The maximum absolute atomic E-state index is 4.53. The Morgan fingerprint density at radius 1 is 1.15 bits per heavy atom. The van der Waals surface area contributed by atoms with Crippen molar-refractivity contribution >= 4 is 16.7 Å².